The monoisotopic (exact) mass is 250 g/mol. The largest absolute Gasteiger partial charge is 0.381 e. The van der Waals surface area contributed by atoms with Crippen molar-refractivity contribution < 1.29 is 4.74 Å². The lowest BCUT2D eigenvalue weighted by molar-refractivity contribution is -0.0281. The van der Waals surface area contributed by atoms with Crippen LogP contribution in [0.5, 0.6) is 0 Å². The topological polar surface area (TPSA) is 47.3 Å². The van der Waals surface area contributed by atoms with Crippen molar-refractivity contribution in [2.75, 3.05) is 19.8 Å². The average Bonchev–Trinajstić information content (AvgIpc) is 3.01. The number of nitrogens with one attached hydrogen (secondary N) is 1. The maximum absolute atomic E-state index is 6.23. The summed E-state index contributed by atoms with van der Waals surface area (Å²) in [5.74, 6) is 0. The minimum Gasteiger partial charge on any atom is -0.381 e. The van der Waals surface area contributed by atoms with Crippen LogP contribution in [0, 0.1) is 5.41 Å². The maximum atomic E-state index is 6.23. The van der Waals surface area contributed by atoms with Crippen LogP contribution < -0.4 is 11.1 Å². The fraction of sp³-hybridized carbons (Fsp3) is 0.867. The van der Waals surface area contributed by atoms with Crippen LogP contribution in [-0.4, -0.2) is 31.3 Å². The van der Waals surface area contributed by atoms with Gasteiger partial charge >= 0.3 is 0 Å². The van der Waals surface area contributed by atoms with Gasteiger partial charge in [0.25, 0.3) is 0 Å². The molecule has 1 heterocycles. The van der Waals surface area contributed by atoms with Gasteiger partial charge in [-0.3, -0.25) is 0 Å². The molecule has 3 N–H and O–H groups in total. The standard InChI is InChI=1S/C15H26N2O/c16-12-15(17-13-4-1-2-5-13)7-3-6-14(15)8-10-18-11-9-14/h1-2,13,17H,3-12,16H2. The summed E-state index contributed by atoms with van der Waals surface area (Å²) in [5, 5.41) is 3.96. The summed E-state index contributed by atoms with van der Waals surface area (Å²) >= 11 is 0. The predicted octanol–water partition coefficient (Wildman–Crippen LogP) is 1.97. The van der Waals surface area contributed by atoms with E-state index in [0.29, 0.717) is 11.5 Å². The third-order valence-electron chi connectivity index (χ3n) is 5.56. The summed E-state index contributed by atoms with van der Waals surface area (Å²) in [7, 11) is 0. The molecule has 1 saturated heterocycles. The Hall–Kier alpha value is -0.380. The molecular weight excluding hydrogens is 224 g/mol. The Morgan fingerprint density at radius 1 is 1.11 bits per heavy atom. The maximum Gasteiger partial charge on any atom is 0.0472 e. The van der Waals surface area contributed by atoms with E-state index in [-0.39, 0.29) is 5.54 Å². The molecule has 0 aromatic heterocycles. The van der Waals surface area contributed by atoms with Crippen molar-refractivity contribution in [3.05, 3.63) is 12.2 Å². The van der Waals surface area contributed by atoms with Crippen LogP contribution in [0.2, 0.25) is 0 Å². The van der Waals surface area contributed by atoms with Crippen LogP contribution in [0.15, 0.2) is 12.2 Å². The first kappa shape index (κ1) is 12.6. The molecule has 18 heavy (non-hydrogen) atoms. The Morgan fingerprint density at radius 3 is 2.50 bits per heavy atom. The first-order chi connectivity index (χ1) is 8.80. The molecule has 1 spiro atoms. The molecule has 1 aliphatic heterocycles. The van der Waals surface area contributed by atoms with Crippen molar-refractivity contribution >= 4 is 0 Å². The molecule has 3 aliphatic rings. The molecule has 0 radical (unpaired) electrons. The fourth-order valence-corrected chi connectivity index (χ4v) is 4.45. The molecule has 1 atom stereocenters. The predicted molar refractivity (Wildman–Crippen MR) is 73.4 cm³/mol. The second-order valence-corrected chi connectivity index (χ2v) is 6.32. The van der Waals surface area contributed by atoms with Crippen LogP contribution >= 0.6 is 0 Å². The Kier molecular flexibility index (Phi) is 3.48. The lowest BCUT2D eigenvalue weighted by atomic mass is 9.66. The molecule has 2 aliphatic carbocycles. The van der Waals surface area contributed by atoms with Crippen molar-refractivity contribution in [2.24, 2.45) is 11.1 Å². The molecule has 3 nitrogen and oxygen atoms in total. The van der Waals surface area contributed by atoms with Gasteiger partial charge < -0.3 is 15.8 Å². The van der Waals surface area contributed by atoms with E-state index in [9.17, 15) is 0 Å². The molecular formula is C15H26N2O. The van der Waals surface area contributed by atoms with E-state index < -0.39 is 0 Å². The van der Waals surface area contributed by atoms with Gasteiger partial charge in [0, 0.05) is 31.3 Å². The SMILES string of the molecule is NCC1(NC2CC=CC2)CCCC12CCOCC2. The molecule has 102 valence electrons. The highest BCUT2D eigenvalue weighted by Gasteiger charge is 2.54. The lowest BCUT2D eigenvalue weighted by Gasteiger charge is -2.50. The highest BCUT2D eigenvalue weighted by Crippen LogP contribution is 2.52. The van der Waals surface area contributed by atoms with Gasteiger partial charge in [-0.05, 0) is 43.9 Å². The zero-order valence-corrected chi connectivity index (χ0v) is 11.3. The van der Waals surface area contributed by atoms with Crippen LogP contribution in [0.4, 0.5) is 0 Å². The molecule has 3 rings (SSSR count). The van der Waals surface area contributed by atoms with Gasteiger partial charge in [-0.15, -0.1) is 0 Å². The summed E-state index contributed by atoms with van der Waals surface area (Å²) in [4.78, 5) is 0. The van der Waals surface area contributed by atoms with Gasteiger partial charge in [0.05, 0.1) is 0 Å². The summed E-state index contributed by atoms with van der Waals surface area (Å²) in [6.07, 6.45) is 13.2. The van der Waals surface area contributed by atoms with E-state index >= 15 is 0 Å². The highest BCUT2D eigenvalue weighted by atomic mass is 16.5. The van der Waals surface area contributed by atoms with Crippen LogP contribution in [0.3, 0.4) is 0 Å². The minimum absolute atomic E-state index is 0.174. The lowest BCUT2D eigenvalue weighted by Crippen LogP contribution is -2.63. The minimum atomic E-state index is 0.174. The summed E-state index contributed by atoms with van der Waals surface area (Å²) in [6, 6.07) is 0.617. The van der Waals surface area contributed by atoms with Crippen molar-refractivity contribution in [3.63, 3.8) is 0 Å². The van der Waals surface area contributed by atoms with Crippen LogP contribution in [-0.2, 0) is 4.74 Å². The van der Waals surface area contributed by atoms with Gasteiger partial charge in [0.15, 0.2) is 0 Å². The van der Waals surface area contributed by atoms with Gasteiger partial charge in [0.1, 0.15) is 0 Å². The zero-order valence-electron chi connectivity index (χ0n) is 11.3. The third kappa shape index (κ3) is 1.93. The van der Waals surface area contributed by atoms with Gasteiger partial charge in [-0.1, -0.05) is 18.6 Å². The van der Waals surface area contributed by atoms with E-state index in [0.717, 1.165) is 19.8 Å². The normalized spacial score (nSPS) is 35.6. The van der Waals surface area contributed by atoms with Gasteiger partial charge in [0.2, 0.25) is 0 Å². The van der Waals surface area contributed by atoms with E-state index in [1.807, 2.05) is 0 Å². The van der Waals surface area contributed by atoms with Gasteiger partial charge in [-0.2, -0.15) is 0 Å². The Balaban J connectivity index is 1.79. The number of hydrogen-bond donors (Lipinski definition) is 2. The molecule has 0 amide bonds. The molecule has 0 aromatic rings. The molecule has 1 saturated carbocycles. The van der Waals surface area contributed by atoms with Crippen molar-refractivity contribution in [2.45, 2.75) is 56.5 Å². The zero-order chi connectivity index (χ0) is 12.5. The number of ether oxygens (including phenoxy) is 1. The van der Waals surface area contributed by atoms with E-state index in [1.54, 1.807) is 0 Å². The van der Waals surface area contributed by atoms with E-state index in [4.69, 9.17) is 10.5 Å². The Labute approximate surface area is 110 Å². The van der Waals surface area contributed by atoms with Crippen molar-refractivity contribution in [1.29, 1.82) is 0 Å². The first-order valence-corrected chi connectivity index (χ1v) is 7.51. The summed E-state index contributed by atoms with van der Waals surface area (Å²) < 4.78 is 5.58. The van der Waals surface area contributed by atoms with E-state index in [1.165, 1.54) is 44.9 Å². The van der Waals surface area contributed by atoms with Crippen LogP contribution in [0.25, 0.3) is 0 Å². The van der Waals surface area contributed by atoms with Gasteiger partial charge in [-0.25, -0.2) is 0 Å². The van der Waals surface area contributed by atoms with Crippen molar-refractivity contribution in [3.8, 4) is 0 Å². The summed E-state index contributed by atoms with van der Waals surface area (Å²) in [6.45, 7) is 2.63. The summed E-state index contributed by atoms with van der Waals surface area (Å²) in [5.41, 5.74) is 6.81. The first-order valence-electron chi connectivity index (χ1n) is 7.51. The second-order valence-electron chi connectivity index (χ2n) is 6.32. The highest BCUT2D eigenvalue weighted by molar-refractivity contribution is 5.13. The second kappa shape index (κ2) is 4.95. The third-order valence-corrected chi connectivity index (χ3v) is 5.56. The molecule has 0 bridgehead atoms. The smallest absolute Gasteiger partial charge is 0.0472 e. The van der Waals surface area contributed by atoms with E-state index in [2.05, 4.69) is 17.5 Å². The molecule has 0 aromatic carbocycles. The Bertz CT molecular complexity index is 314. The molecule has 3 heteroatoms. The Morgan fingerprint density at radius 2 is 1.83 bits per heavy atom. The average molecular weight is 250 g/mol. The fourth-order valence-electron chi connectivity index (χ4n) is 4.45. The number of rotatable bonds is 3. The van der Waals surface area contributed by atoms with Crippen LogP contribution in [0.1, 0.15) is 44.9 Å². The number of hydrogen-bond acceptors (Lipinski definition) is 3. The molecule has 1 unspecified atom stereocenters. The number of nitrogens with two attached hydrogens (primary N) is 1. The quantitative estimate of drug-likeness (QED) is 0.753. The molecule has 2 fully saturated rings. The van der Waals surface area contributed by atoms with Crippen molar-refractivity contribution in [1.82, 2.24) is 5.32 Å².